The van der Waals surface area contributed by atoms with Crippen molar-refractivity contribution in [2.75, 3.05) is 13.1 Å². The van der Waals surface area contributed by atoms with Gasteiger partial charge in [0.2, 0.25) is 0 Å². The highest BCUT2D eigenvalue weighted by molar-refractivity contribution is 5.94. The van der Waals surface area contributed by atoms with Crippen molar-refractivity contribution in [3.05, 3.63) is 90.3 Å². The Kier molecular flexibility index (Phi) is 5.35. The van der Waals surface area contributed by atoms with Crippen molar-refractivity contribution in [3.63, 3.8) is 0 Å². The van der Waals surface area contributed by atoms with Crippen LogP contribution in [0.4, 0.5) is 0 Å². The van der Waals surface area contributed by atoms with E-state index >= 15 is 0 Å². The molecule has 138 valence electrons. The molecule has 3 aromatic rings. The molecule has 4 nitrogen and oxygen atoms in total. The summed E-state index contributed by atoms with van der Waals surface area (Å²) in [5.74, 6) is 0.0145. The fourth-order valence-corrected chi connectivity index (χ4v) is 3.72. The number of hydrogen-bond donors (Lipinski definition) is 1. The van der Waals surface area contributed by atoms with Gasteiger partial charge < -0.3 is 9.88 Å². The van der Waals surface area contributed by atoms with Gasteiger partial charge in [0.15, 0.2) is 0 Å². The molecule has 0 radical (unpaired) electrons. The van der Waals surface area contributed by atoms with Crippen LogP contribution in [0.5, 0.6) is 0 Å². The first-order chi connectivity index (χ1) is 13.3. The minimum Gasteiger partial charge on any atom is -0.348 e. The molecule has 1 atom stereocenters. The molecule has 1 N–H and O–H groups in total. The average molecular weight is 359 g/mol. The van der Waals surface area contributed by atoms with E-state index < -0.39 is 0 Å². The van der Waals surface area contributed by atoms with E-state index in [0.717, 1.165) is 38.2 Å². The molecule has 0 saturated carbocycles. The Morgan fingerprint density at radius 3 is 2.44 bits per heavy atom. The zero-order valence-corrected chi connectivity index (χ0v) is 15.4. The zero-order valence-electron chi connectivity index (χ0n) is 15.4. The third-order valence-electron chi connectivity index (χ3n) is 5.12. The number of piperidine rings is 1. The molecule has 1 fully saturated rings. The maximum absolute atomic E-state index is 12.6. The van der Waals surface area contributed by atoms with Crippen molar-refractivity contribution >= 4 is 5.91 Å². The van der Waals surface area contributed by atoms with Crippen molar-refractivity contribution in [1.82, 2.24) is 14.8 Å². The van der Waals surface area contributed by atoms with E-state index in [1.807, 2.05) is 59.4 Å². The number of nitrogens with one attached hydrogen (secondary N) is 1. The number of hydrogen-bond acceptors (Lipinski definition) is 2. The van der Waals surface area contributed by atoms with Crippen LogP contribution in [0, 0.1) is 0 Å². The minimum absolute atomic E-state index is 0.0145. The van der Waals surface area contributed by atoms with Crippen LogP contribution in [-0.4, -0.2) is 34.5 Å². The van der Waals surface area contributed by atoms with Gasteiger partial charge in [-0.15, -0.1) is 0 Å². The largest absolute Gasteiger partial charge is 0.348 e. The molecule has 2 aromatic carbocycles. The summed E-state index contributed by atoms with van der Waals surface area (Å²) in [6.45, 7) is 2.94. The molecule has 1 unspecified atom stereocenters. The first kappa shape index (κ1) is 17.6. The van der Waals surface area contributed by atoms with Gasteiger partial charge in [0, 0.05) is 42.8 Å². The van der Waals surface area contributed by atoms with Crippen LogP contribution in [0.3, 0.4) is 0 Å². The lowest BCUT2D eigenvalue weighted by molar-refractivity contribution is 0.0901. The Hall–Kier alpha value is -2.85. The highest BCUT2D eigenvalue weighted by atomic mass is 16.1. The van der Waals surface area contributed by atoms with E-state index in [9.17, 15) is 4.79 Å². The maximum atomic E-state index is 12.6. The van der Waals surface area contributed by atoms with Gasteiger partial charge in [-0.2, -0.15) is 0 Å². The Morgan fingerprint density at radius 2 is 1.70 bits per heavy atom. The monoisotopic (exact) mass is 359 g/mol. The molecular weight excluding hydrogens is 334 g/mol. The first-order valence-electron chi connectivity index (χ1n) is 9.58. The molecule has 1 aliphatic heterocycles. The molecule has 0 spiro atoms. The molecule has 4 rings (SSSR count). The standard InChI is InChI=1S/C23H25N3O/c27-23(20-10-12-22(13-11-20)26-15-4-5-16-26)24-21-9-6-14-25(18-21)17-19-7-2-1-3-8-19/h1-5,7-8,10-13,15-16,21H,6,9,14,17-18H2,(H,24,27). The van der Waals surface area contributed by atoms with E-state index in [0.29, 0.717) is 5.56 Å². The van der Waals surface area contributed by atoms with E-state index in [2.05, 4.69) is 34.5 Å². The van der Waals surface area contributed by atoms with E-state index in [1.54, 1.807) is 0 Å². The molecule has 2 heterocycles. The van der Waals surface area contributed by atoms with Crippen LogP contribution >= 0.6 is 0 Å². The summed E-state index contributed by atoms with van der Waals surface area (Å²) in [7, 11) is 0. The predicted octanol–water partition coefficient (Wildman–Crippen LogP) is 3.87. The Labute approximate surface area is 160 Å². The van der Waals surface area contributed by atoms with Crippen LogP contribution < -0.4 is 5.32 Å². The molecule has 1 amide bonds. The maximum Gasteiger partial charge on any atom is 0.251 e. The molecule has 27 heavy (non-hydrogen) atoms. The second kappa shape index (κ2) is 8.23. The number of aromatic nitrogens is 1. The molecule has 0 aliphatic carbocycles. The van der Waals surface area contributed by atoms with Gasteiger partial charge in [-0.3, -0.25) is 9.69 Å². The zero-order chi connectivity index (χ0) is 18.5. The molecule has 4 heteroatoms. The Balaban J connectivity index is 1.34. The quantitative estimate of drug-likeness (QED) is 0.751. The van der Waals surface area contributed by atoms with Crippen molar-refractivity contribution in [1.29, 1.82) is 0 Å². The third kappa shape index (κ3) is 4.47. The van der Waals surface area contributed by atoms with Crippen molar-refractivity contribution < 1.29 is 4.79 Å². The topological polar surface area (TPSA) is 37.3 Å². The number of nitrogens with zero attached hydrogens (tertiary/aromatic N) is 2. The molecule has 1 aliphatic rings. The lowest BCUT2D eigenvalue weighted by Gasteiger charge is -2.33. The number of benzene rings is 2. The van der Waals surface area contributed by atoms with Crippen LogP contribution in [0.1, 0.15) is 28.8 Å². The third-order valence-corrected chi connectivity index (χ3v) is 5.12. The van der Waals surface area contributed by atoms with Crippen LogP contribution in [0.25, 0.3) is 5.69 Å². The first-order valence-corrected chi connectivity index (χ1v) is 9.58. The van der Waals surface area contributed by atoms with Gasteiger partial charge in [0.1, 0.15) is 0 Å². The molecule has 0 bridgehead atoms. The predicted molar refractivity (Wildman–Crippen MR) is 108 cm³/mol. The van der Waals surface area contributed by atoms with Crippen molar-refractivity contribution in [2.45, 2.75) is 25.4 Å². The van der Waals surface area contributed by atoms with Gasteiger partial charge in [-0.05, 0) is 61.3 Å². The lowest BCUT2D eigenvalue weighted by Crippen LogP contribution is -2.47. The highest BCUT2D eigenvalue weighted by Crippen LogP contribution is 2.15. The van der Waals surface area contributed by atoms with Gasteiger partial charge in [0.05, 0.1) is 0 Å². The second-order valence-electron chi connectivity index (χ2n) is 7.17. The summed E-state index contributed by atoms with van der Waals surface area (Å²) in [5, 5.41) is 3.22. The van der Waals surface area contributed by atoms with Gasteiger partial charge in [-0.25, -0.2) is 0 Å². The molecule has 1 saturated heterocycles. The SMILES string of the molecule is O=C(NC1CCCN(Cc2ccccc2)C1)c1ccc(-n2cccc2)cc1. The summed E-state index contributed by atoms with van der Waals surface area (Å²) in [6, 6.07) is 22.5. The summed E-state index contributed by atoms with van der Waals surface area (Å²) >= 11 is 0. The van der Waals surface area contributed by atoms with Crippen molar-refractivity contribution in [3.8, 4) is 5.69 Å². The molecular formula is C23H25N3O. The number of rotatable bonds is 5. The Morgan fingerprint density at radius 1 is 0.963 bits per heavy atom. The summed E-state index contributed by atoms with van der Waals surface area (Å²) < 4.78 is 2.03. The minimum atomic E-state index is 0.0145. The second-order valence-corrected chi connectivity index (χ2v) is 7.17. The van der Waals surface area contributed by atoms with Gasteiger partial charge in [0.25, 0.3) is 5.91 Å². The summed E-state index contributed by atoms with van der Waals surface area (Å²) in [4.78, 5) is 15.1. The van der Waals surface area contributed by atoms with E-state index in [-0.39, 0.29) is 11.9 Å². The molecule has 1 aromatic heterocycles. The van der Waals surface area contributed by atoms with Crippen LogP contribution in [0.15, 0.2) is 79.1 Å². The van der Waals surface area contributed by atoms with Crippen LogP contribution in [0.2, 0.25) is 0 Å². The smallest absolute Gasteiger partial charge is 0.251 e. The lowest BCUT2D eigenvalue weighted by atomic mass is 10.0. The number of likely N-dealkylation sites (tertiary alicyclic amines) is 1. The van der Waals surface area contributed by atoms with E-state index in [4.69, 9.17) is 0 Å². The van der Waals surface area contributed by atoms with E-state index in [1.165, 1.54) is 5.56 Å². The van der Waals surface area contributed by atoms with Gasteiger partial charge >= 0.3 is 0 Å². The normalized spacial score (nSPS) is 17.6. The van der Waals surface area contributed by atoms with Gasteiger partial charge in [-0.1, -0.05) is 30.3 Å². The average Bonchev–Trinajstić information content (AvgIpc) is 3.24. The van der Waals surface area contributed by atoms with Crippen LogP contribution in [-0.2, 0) is 6.54 Å². The highest BCUT2D eigenvalue weighted by Gasteiger charge is 2.21. The fourth-order valence-electron chi connectivity index (χ4n) is 3.72. The Bertz CT molecular complexity index is 856. The summed E-state index contributed by atoms with van der Waals surface area (Å²) in [6.07, 6.45) is 6.15. The summed E-state index contributed by atoms with van der Waals surface area (Å²) in [5.41, 5.74) is 3.10. The number of carbonyl (C=O) groups excluding carboxylic acids is 1. The number of carbonyl (C=O) groups is 1. The fraction of sp³-hybridized carbons (Fsp3) is 0.261. The van der Waals surface area contributed by atoms with Crippen molar-refractivity contribution in [2.24, 2.45) is 0 Å². The number of amides is 1.